The molecule has 8 heteroatoms. The minimum atomic E-state index is -0.593. The van der Waals surface area contributed by atoms with Crippen molar-refractivity contribution in [3.05, 3.63) is 33.8 Å². The van der Waals surface area contributed by atoms with E-state index in [4.69, 9.17) is 23.2 Å². The lowest BCUT2D eigenvalue weighted by Crippen LogP contribution is -2.54. The molecule has 2 fully saturated rings. The molecule has 3 rings (SSSR count). The second-order valence-electron chi connectivity index (χ2n) is 5.97. The van der Waals surface area contributed by atoms with Gasteiger partial charge in [-0.25, -0.2) is 9.69 Å². The molecule has 6 nitrogen and oxygen atoms in total. The van der Waals surface area contributed by atoms with Crippen LogP contribution in [0.1, 0.15) is 12.0 Å². The zero-order valence-corrected chi connectivity index (χ0v) is 14.3. The van der Waals surface area contributed by atoms with Crippen LogP contribution in [0.3, 0.4) is 0 Å². The number of rotatable bonds is 5. The van der Waals surface area contributed by atoms with Crippen molar-refractivity contribution < 1.29 is 19.1 Å². The average Bonchev–Trinajstić information content (AvgIpc) is 2.82. The number of likely N-dealkylation sites (tertiary alicyclic amines) is 1. The van der Waals surface area contributed by atoms with Gasteiger partial charge in [-0.1, -0.05) is 29.3 Å². The number of aryl methyl sites for hydroxylation is 1. The zero-order valence-electron chi connectivity index (χ0n) is 12.8. The Bertz CT molecular complexity index is 673. The normalized spacial score (nSPS) is 17.9. The molecule has 128 valence electrons. The van der Waals surface area contributed by atoms with E-state index in [1.54, 1.807) is 17.0 Å². The monoisotopic (exact) mass is 370 g/mol. The van der Waals surface area contributed by atoms with Gasteiger partial charge in [0.05, 0.1) is 10.0 Å². The van der Waals surface area contributed by atoms with Gasteiger partial charge in [0.25, 0.3) is 5.91 Å². The minimum Gasteiger partial charge on any atom is -0.439 e. The van der Waals surface area contributed by atoms with Crippen LogP contribution in [-0.2, 0) is 20.7 Å². The van der Waals surface area contributed by atoms with Crippen molar-refractivity contribution in [2.24, 2.45) is 5.92 Å². The Morgan fingerprint density at radius 1 is 1.21 bits per heavy atom. The van der Waals surface area contributed by atoms with E-state index in [1.807, 2.05) is 6.07 Å². The van der Waals surface area contributed by atoms with Crippen molar-refractivity contribution >= 4 is 41.1 Å². The first-order valence-electron chi connectivity index (χ1n) is 7.63. The fourth-order valence-corrected chi connectivity index (χ4v) is 3.13. The number of halogens is 2. The highest BCUT2D eigenvalue weighted by atomic mass is 35.5. The zero-order chi connectivity index (χ0) is 17.3. The molecule has 0 N–H and O–H groups in total. The number of cyclic esters (lactones) is 1. The Balaban J connectivity index is 1.42. The van der Waals surface area contributed by atoms with E-state index in [0.29, 0.717) is 42.5 Å². The first kappa shape index (κ1) is 17.0. The highest BCUT2D eigenvalue weighted by molar-refractivity contribution is 6.42. The number of benzene rings is 1. The lowest BCUT2D eigenvalue weighted by atomic mass is 9.98. The van der Waals surface area contributed by atoms with Crippen molar-refractivity contribution in [2.75, 3.05) is 26.2 Å². The van der Waals surface area contributed by atoms with E-state index in [2.05, 4.69) is 4.74 Å². The maximum Gasteiger partial charge on any atom is 0.417 e. The summed E-state index contributed by atoms with van der Waals surface area (Å²) < 4.78 is 4.66. The smallest absolute Gasteiger partial charge is 0.417 e. The lowest BCUT2D eigenvalue weighted by molar-refractivity contribution is -0.138. The average molecular weight is 371 g/mol. The van der Waals surface area contributed by atoms with E-state index in [9.17, 15) is 14.4 Å². The predicted octanol–water partition coefficient (Wildman–Crippen LogP) is 2.36. The van der Waals surface area contributed by atoms with Gasteiger partial charge in [0, 0.05) is 32.0 Å². The third-order valence-corrected chi connectivity index (χ3v) is 4.94. The molecule has 3 amide bonds. The summed E-state index contributed by atoms with van der Waals surface area (Å²) in [5, 5.41) is 0.972. The molecule has 24 heavy (non-hydrogen) atoms. The van der Waals surface area contributed by atoms with Crippen LogP contribution in [0.25, 0.3) is 0 Å². The molecule has 0 aromatic heterocycles. The standard InChI is InChI=1S/C16H16Cl2N2O4/c17-12-3-1-10(5-13(12)18)2-4-14(21)19-6-11(7-19)8-20-15(22)9-24-16(20)23/h1,3,5,11H,2,4,6-9H2. The first-order valence-corrected chi connectivity index (χ1v) is 8.38. The van der Waals surface area contributed by atoms with Crippen LogP contribution in [0.15, 0.2) is 18.2 Å². The molecule has 0 aliphatic carbocycles. The summed E-state index contributed by atoms with van der Waals surface area (Å²) in [5.41, 5.74) is 0.959. The lowest BCUT2D eigenvalue weighted by Gasteiger charge is -2.40. The maximum atomic E-state index is 12.2. The molecule has 2 aliphatic rings. The number of carbonyl (C=O) groups excluding carboxylic acids is 3. The maximum absolute atomic E-state index is 12.2. The van der Waals surface area contributed by atoms with Gasteiger partial charge in [-0.05, 0) is 24.1 Å². The second kappa shape index (κ2) is 6.99. The molecule has 0 bridgehead atoms. The summed E-state index contributed by atoms with van der Waals surface area (Å²) in [6, 6.07) is 5.33. The minimum absolute atomic E-state index is 0.0487. The molecule has 2 saturated heterocycles. The number of hydrogen-bond acceptors (Lipinski definition) is 4. The highest BCUT2D eigenvalue weighted by Crippen LogP contribution is 2.24. The van der Waals surface area contributed by atoms with Crippen molar-refractivity contribution in [1.82, 2.24) is 9.80 Å². The summed E-state index contributed by atoms with van der Waals surface area (Å²) in [6.07, 6.45) is 0.382. The summed E-state index contributed by atoms with van der Waals surface area (Å²) in [7, 11) is 0. The molecule has 0 atom stereocenters. The summed E-state index contributed by atoms with van der Waals surface area (Å²) >= 11 is 11.8. The predicted molar refractivity (Wildman–Crippen MR) is 87.9 cm³/mol. The van der Waals surface area contributed by atoms with Gasteiger partial charge >= 0.3 is 6.09 Å². The van der Waals surface area contributed by atoms with Crippen LogP contribution in [-0.4, -0.2) is 53.9 Å². The van der Waals surface area contributed by atoms with Gasteiger partial charge in [0.15, 0.2) is 6.61 Å². The van der Waals surface area contributed by atoms with E-state index >= 15 is 0 Å². The first-order chi connectivity index (χ1) is 11.4. The Morgan fingerprint density at radius 3 is 2.58 bits per heavy atom. The van der Waals surface area contributed by atoms with Gasteiger partial charge in [0.2, 0.25) is 5.91 Å². The third-order valence-electron chi connectivity index (χ3n) is 4.20. The number of ether oxygens (including phenoxy) is 1. The van der Waals surface area contributed by atoms with Gasteiger partial charge in [-0.3, -0.25) is 9.59 Å². The van der Waals surface area contributed by atoms with E-state index in [-0.39, 0.29) is 24.3 Å². The fourth-order valence-electron chi connectivity index (χ4n) is 2.81. The molecule has 0 spiro atoms. The number of carbonyl (C=O) groups is 3. The third kappa shape index (κ3) is 3.65. The van der Waals surface area contributed by atoms with Crippen LogP contribution in [0.5, 0.6) is 0 Å². The van der Waals surface area contributed by atoms with Crippen LogP contribution in [0, 0.1) is 5.92 Å². The molecule has 1 aromatic carbocycles. The number of imide groups is 1. The van der Waals surface area contributed by atoms with Gasteiger partial charge in [-0.2, -0.15) is 0 Å². The molecule has 0 unspecified atom stereocenters. The number of amides is 3. The van der Waals surface area contributed by atoms with Gasteiger partial charge in [-0.15, -0.1) is 0 Å². The largest absolute Gasteiger partial charge is 0.439 e. The van der Waals surface area contributed by atoms with Crippen LogP contribution >= 0.6 is 23.2 Å². The van der Waals surface area contributed by atoms with Gasteiger partial charge in [0.1, 0.15) is 0 Å². The molecule has 0 radical (unpaired) electrons. The summed E-state index contributed by atoms with van der Waals surface area (Å²) in [5.74, 6) is -0.148. The van der Waals surface area contributed by atoms with Gasteiger partial charge < -0.3 is 9.64 Å². The Kier molecular flexibility index (Phi) is 4.96. The second-order valence-corrected chi connectivity index (χ2v) is 6.79. The van der Waals surface area contributed by atoms with E-state index in [1.165, 1.54) is 0 Å². The molecule has 1 aromatic rings. The van der Waals surface area contributed by atoms with E-state index < -0.39 is 6.09 Å². The molecule has 2 heterocycles. The summed E-state index contributed by atoms with van der Waals surface area (Å²) in [4.78, 5) is 37.8. The van der Waals surface area contributed by atoms with Crippen LogP contribution < -0.4 is 0 Å². The topological polar surface area (TPSA) is 66.9 Å². The number of nitrogens with zero attached hydrogens (tertiary/aromatic N) is 2. The highest BCUT2D eigenvalue weighted by Gasteiger charge is 2.38. The molecular formula is C16H16Cl2N2O4. The van der Waals surface area contributed by atoms with Crippen LogP contribution in [0.2, 0.25) is 10.0 Å². The molecule has 0 saturated carbocycles. The molecule has 2 aliphatic heterocycles. The van der Waals surface area contributed by atoms with Crippen LogP contribution in [0.4, 0.5) is 4.79 Å². The van der Waals surface area contributed by atoms with Crippen molar-refractivity contribution in [3.8, 4) is 0 Å². The SMILES string of the molecule is O=C(CCc1ccc(Cl)c(Cl)c1)N1CC(CN2C(=O)COC2=O)C1. The van der Waals surface area contributed by atoms with Crippen molar-refractivity contribution in [2.45, 2.75) is 12.8 Å². The van der Waals surface area contributed by atoms with Crippen molar-refractivity contribution in [3.63, 3.8) is 0 Å². The quantitative estimate of drug-likeness (QED) is 0.797. The Labute approximate surface area is 149 Å². The fraction of sp³-hybridized carbons (Fsp3) is 0.438. The van der Waals surface area contributed by atoms with E-state index in [0.717, 1.165) is 10.5 Å². The van der Waals surface area contributed by atoms with Crippen molar-refractivity contribution in [1.29, 1.82) is 0 Å². The summed E-state index contributed by atoms with van der Waals surface area (Å²) in [6.45, 7) is 1.24. The Morgan fingerprint density at radius 2 is 1.96 bits per heavy atom. The Hall–Kier alpha value is -1.79. The molecular weight excluding hydrogens is 355 g/mol. The number of hydrogen-bond donors (Lipinski definition) is 0.